The SMILES string of the molecule is CN=C(NCCOC1CCCCCC1)NCc1cccc(NC(=O)C2CCC2)c1.I. The van der Waals surface area contributed by atoms with Crippen molar-refractivity contribution in [2.45, 2.75) is 70.4 Å². The van der Waals surface area contributed by atoms with Gasteiger partial charge in [0.2, 0.25) is 5.91 Å². The van der Waals surface area contributed by atoms with Gasteiger partial charge in [-0.3, -0.25) is 9.79 Å². The summed E-state index contributed by atoms with van der Waals surface area (Å²) in [5, 5.41) is 9.68. The van der Waals surface area contributed by atoms with Crippen molar-refractivity contribution in [3.63, 3.8) is 0 Å². The molecule has 0 saturated heterocycles. The van der Waals surface area contributed by atoms with E-state index in [1.54, 1.807) is 7.05 Å². The van der Waals surface area contributed by atoms with Gasteiger partial charge in [0.1, 0.15) is 0 Å². The van der Waals surface area contributed by atoms with Crippen LogP contribution in [0.2, 0.25) is 0 Å². The molecule has 2 aliphatic rings. The lowest BCUT2D eigenvalue weighted by molar-refractivity contribution is -0.122. The molecule has 2 aliphatic carbocycles. The molecule has 2 fully saturated rings. The van der Waals surface area contributed by atoms with Gasteiger partial charge >= 0.3 is 0 Å². The van der Waals surface area contributed by atoms with E-state index in [0.29, 0.717) is 19.3 Å². The van der Waals surface area contributed by atoms with Gasteiger partial charge in [-0.2, -0.15) is 0 Å². The molecule has 168 valence electrons. The first-order valence-corrected chi connectivity index (χ1v) is 11.2. The number of halogens is 1. The quantitative estimate of drug-likeness (QED) is 0.153. The Morgan fingerprint density at radius 2 is 1.83 bits per heavy atom. The molecule has 7 heteroatoms. The van der Waals surface area contributed by atoms with Crippen molar-refractivity contribution < 1.29 is 9.53 Å². The van der Waals surface area contributed by atoms with Crippen molar-refractivity contribution in [1.82, 2.24) is 10.6 Å². The second kappa shape index (κ2) is 13.9. The maximum absolute atomic E-state index is 12.1. The van der Waals surface area contributed by atoms with Crippen molar-refractivity contribution in [2.24, 2.45) is 10.9 Å². The van der Waals surface area contributed by atoms with E-state index < -0.39 is 0 Å². The molecule has 0 aromatic heterocycles. The van der Waals surface area contributed by atoms with E-state index in [2.05, 4.69) is 27.0 Å². The number of nitrogens with one attached hydrogen (secondary N) is 3. The predicted molar refractivity (Wildman–Crippen MR) is 133 cm³/mol. The molecule has 0 radical (unpaired) electrons. The van der Waals surface area contributed by atoms with Crippen LogP contribution in [0.1, 0.15) is 63.4 Å². The summed E-state index contributed by atoms with van der Waals surface area (Å²) in [5.74, 6) is 1.10. The smallest absolute Gasteiger partial charge is 0.227 e. The van der Waals surface area contributed by atoms with Gasteiger partial charge in [0.05, 0.1) is 12.7 Å². The maximum atomic E-state index is 12.1. The van der Waals surface area contributed by atoms with Crippen LogP contribution in [-0.4, -0.2) is 38.2 Å². The lowest BCUT2D eigenvalue weighted by atomic mass is 9.85. The van der Waals surface area contributed by atoms with Crippen LogP contribution in [0, 0.1) is 5.92 Å². The number of rotatable bonds is 8. The van der Waals surface area contributed by atoms with Crippen molar-refractivity contribution in [2.75, 3.05) is 25.5 Å². The fourth-order valence-corrected chi connectivity index (χ4v) is 3.88. The maximum Gasteiger partial charge on any atom is 0.227 e. The van der Waals surface area contributed by atoms with Gasteiger partial charge in [-0.1, -0.05) is 44.2 Å². The van der Waals surface area contributed by atoms with Gasteiger partial charge in [0, 0.05) is 31.7 Å². The predicted octanol–water partition coefficient (Wildman–Crippen LogP) is 4.45. The van der Waals surface area contributed by atoms with E-state index >= 15 is 0 Å². The molecular weight excluding hydrogens is 491 g/mol. The molecule has 3 rings (SSSR count). The van der Waals surface area contributed by atoms with Crippen molar-refractivity contribution >= 4 is 41.5 Å². The normalized spacial score (nSPS) is 18.0. The number of carbonyl (C=O) groups excluding carboxylic acids is 1. The lowest BCUT2D eigenvalue weighted by Gasteiger charge is -2.24. The number of amides is 1. The topological polar surface area (TPSA) is 74.8 Å². The Balaban J connectivity index is 0.00000320. The molecular formula is C23H37IN4O2. The number of anilines is 1. The van der Waals surface area contributed by atoms with Crippen LogP contribution in [0.25, 0.3) is 0 Å². The van der Waals surface area contributed by atoms with E-state index in [9.17, 15) is 4.79 Å². The second-order valence-electron chi connectivity index (χ2n) is 8.15. The largest absolute Gasteiger partial charge is 0.376 e. The van der Waals surface area contributed by atoms with Gasteiger partial charge in [0.15, 0.2) is 5.96 Å². The number of aliphatic imine (C=N–C) groups is 1. The Morgan fingerprint density at radius 3 is 2.50 bits per heavy atom. The standard InChI is InChI=1S/C23H36N4O2.HI/c1-24-23(25-14-15-29-21-12-4-2-3-5-13-21)26-17-18-8-6-11-20(16-18)27-22(28)19-9-7-10-19;/h6,8,11,16,19,21H,2-5,7,9-10,12-15,17H2,1H3,(H,27,28)(H2,24,25,26);1H. The van der Waals surface area contributed by atoms with E-state index in [1.165, 1.54) is 44.9 Å². The van der Waals surface area contributed by atoms with Gasteiger partial charge in [-0.05, 0) is 43.4 Å². The molecule has 0 bridgehead atoms. The first-order valence-electron chi connectivity index (χ1n) is 11.2. The highest BCUT2D eigenvalue weighted by Gasteiger charge is 2.25. The molecule has 0 aliphatic heterocycles. The van der Waals surface area contributed by atoms with E-state index in [0.717, 1.165) is 36.6 Å². The van der Waals surface area contributed by atoms with Crippen LogP contribution in [0.3, 0.4) is 0 Å². The van der Waals surface area contributed by atoms with Crippen LogP contribution in [0.4, 0.5) is 5.69 Å². The number of ether oxygens (including phenoxy) is 1. The molecule has 0 spiro atoms. The van der Waals surface area contributed by atoms with Gasteiger partial charge < -0.3 is 20.7 Å². The number of nitrogens with zero attached hydrogens (tertiary/aromatic N) is 1. The third kappa shape index (κ3) is 8.41. The molecule has 0 unspecified atom stereocenters. The molecule has 3 N–H and O–H groups in total. The number of guanidine groups is 1. The highest BCUT2D eigenvalue weighted by atomic mass is 127. The van der Waals surface area contributed by atoms with Crippen LogP contribution < -0.4 is 16.0 Å². The van der Waals surface area contributed by atoms with Crippen LogP contribution in [0.15, 0.2) is 29.3 Å². The molecule has 1 aromatic carbocycles. The minimum absolute atomic E-state index is 0. The zero-order chi connectivity index (χ0) is 20.3. The number of hydrogen-bond acceptors (Lipinski definition) is 3. The molecule has 0 atom stereocenters. The van der Waals surface area contributed by atoms with E-state index in [-0.39, 0.29) is 35.8 Å². The van der Waals surface area contributed by atoms with Crippen molar-refractivity contribution in [1.29, 1.82) is 0 Å². The highest BCUT2D eigenvalue weighted by Crippen LogP contribution is 2.27. The average molecular weight is 528 g/mol. The molecule has 30 heavy (non-hydrogen) atoms. The number of hydrogen-bond donors (Lipinski definition) is 3. The van der Waals surface area contributed by atoms with Crippen LogP contribution >= 0.6 is 24.0 Å². The van der Waals surface area contributed by atoms with Gasteiger partial charge in [-0.25, -0.2) is 0 Å². The Kier molecular flexibility index (Phi) is 11.5. The molecule has 0 heterocycles. The van der Waals surface area contributed by atoms with Crippen LogP contribution in [0.5, 0.6) is 0 Å². The summed E-state index contributed by atoms with van der Waals surface area (Å²) in [7, 11) is 1.77. The summed E-state index contributed by atoms with van der Waals surface area (Å²) in [6.07, 6.45) is 11.3. The van der Waals surface area contributed by atoms with Crippen LogP contribution in [-0.2, 0) is 16.1 Å². The fraction of sp³-hybridized carbons (Fsp3) is 0.652. The van der Waals surface area contributed by atoms with Gasteiger partial charge in [0.25, 0.3) is 0 Å². The Morgan fingerprint density at radius 1 is 1.07 bits per heavy atom. The Labute approximate surface area is 198 Å². The summed E-state index contributed by atoms with van der Waals surface area (Å²) in [5.41, 5.74) is 1.97. The second-order valence-corrected chi connectivity index (χ2v) is 8.15. The third-order valence-electron chi connectivity index (χ3n) is 5.90. The fourth-order valence-electron chi connectivity index (χ4n) is 3.88. The minimum Gasteiger partial charge on any atom is -0.376 e. The molecule has 2 saturated carbocycles. The summed E-state index contributed by atoms with van der Waals surface area (Å²) in [4.78, 5) is 16.4. The lowest BCUT2D eigenvalue weighted by Crippen LogP contribution is -2.39. The van der Waals surface area contributed by atoms with Crippen molar-refractivity contribution in [3.8, 4) is 0 Å². The monoisotopic (exact) mass is 528 g/mol. The number of carbonyl (C=O) groups is 1. The first kappa shape index (κ1) is 24.9. The van der Waals surface area contributed by atoms with E-state index in [4.69, 9.17) is 4.74 Å². The van der Waals surface area contributed by atoms with Crippen molar-refractivity contribution in [3.05, 3.63) is 29.8 Å². The minimum atomic E-state index is 0. The van der Waals surface area contributed by atoms with E-state index in [1.807, 2.05) is 18.2 Å². The third-order valence-corrected chi connectivity index (χ3v) is 5.90. The zero-order valence-electron chi connectivity index (χ0n) is 18.1. The Hall–Kier alpha value is -1.35. The molecule has 6 nitrogen and oxygen atoms in total. The summed E-state index contributed by atoms with van der Waals surface area (Å²) in [6, 6.07) is 7.99. The first-order chi connectivity index (χ1) is 14.2. The Bertz CT molecular complexity index is 671. The molecule has 1 amide bonds. The summed E-state index contributed by atoms with van der Waals surface area (Å²) < 4.78 is 6.02. The summed E-state index contributed by atoms with van der Waals surface area (Å²) in [6.45, 7) is 2.10. The number of benzene rings is 1. The zero-order valence-corrected chi connectivity index (χ0v) is 20.5. The average Bonchev–Trinajstić information content (AvgIpc) is 2.95. The van der Waals surface area contributed by atoms with Gasteiger partial charge in [-0.15, -0.1) is 24.0 Å². The highest BCUT2D eigenvalue weighted by molar-refractivity contribution is 14.0. The molecule has 1 aromatic rings. The summed E-state index contributed by atoms with van der Waals surface area (Å²) >= 11 is 0.